The van der Waals surface area contributed by atoms with Gasteiger partial charge in [-0.1, -0.05) is 30.3 Å². The lowest BCUT2D eigenvalue weighted by atomic mass is 10.1. The fourth-order valence-corrected chi connectivity index (χ4v) is 2.21. The number of nitrogens with zero attached hydrogens (tertiary/aromatic N) is 1. The van der Waals surface area contributed by atoms with Crippen molar-refractivity contribution in [2.45, 2.75) is 6.04 Å². The summed E-state index contributed by atoms with van der Waals surface area (Å²) < 4.78 is 0. The number of hydrogen-bond donors (Lipinski definition) is 0. The van der Waals surface area contributed by atoms with Crippen LogP contribution < -0.4 is 0 Å². The standard InChI is InChI=1S/C9H10BNS/c10-9-11-8(6-12-9)7-4-2-1-3-5-7/h1-5,8H,6,10H2. The fourth-order valence-electron chi connectivity index (χ4n) is 1.34. The molecule has 1 aromatic rings. The Balaban J connectivity index is 2.22. The van der Waals surface area contributed by atoms with Gasteiger partial charge in [-0.25, -0.2) is 0 Å². The van der Waals surface area contributed by atoms with E-state index in [9.17, 15) is 0 Å². The first-order valence-electron chi connectivity index (χ1n) is 4.08. The van der Waals surface area contributed by atoms with Gasteiger partial charge in [0.15, 0.2) is 7.85 Å². The van der Waals surface area contributed by atoms with E-state index in [2.05, 4.69) is 37.1 Å². The van der Waals surface area contributed by atoms with Crippen molar-refractivity contribution in [1.82, 2.24) is 0 Å². The van der Waals surface area contributed by atoms with Gasteiger partial charge in [0.25, 0.3) is 0 Å². The summed E-state index contributed by atoms with van der Waals surface area (Å²) in [5, 5.41) is 0. The summed E-state index contributed by atoms with van der Waals surface area (Å²) in [6, 6.07) is 10.9. The van der Waals surface area contributed by atoms with E-state index in [1.54, 1.807) is 0 Å². The number of rotatable bonds is 1. The Morgan fingerprint density at radius 2 is 2.08 bits per heavy atom. The van der Waals surface area contributed by atoms with Crippen molar-refractivity contribution in [2.24, 2.45) is 4.99 Å². The Bertz CT molecular complexity index is 297. The predicted molar refractivity (Wildman–Crippen MR) is 57.6 cm³/mol. The van der Waals surface area contributed by atoms with E-state index in [1.165, 1.54) is 10.5 Å². The smallest absolute Gasteiger partial charge is 0.172 e. The monoisotopic (exact) mass is 175 g/mol. The van der Waals surface area contributed by atoms with Gasteiger partial charge in [-0.05, 0) is 5.56 Å². The van der Waals surface area contributed by atoms with Crippen LogP contribution >= 0.6 is 11.8 Å². The molecule has 1 unspecified atom stereocenters. The van der Waals surface area contributed by atoms with E-state index < -0.39 is 0 Å². The minimum absolute atomic E-state index is 0.399. The largest absolute Gasteiger partial charge is 0.285 e. The Labute approximate surface area is 77.7 Å². The zero-order valence-electron chi connectivity index (χ0n) is 7.03. The maximum Gasteiger partial charge on any atom is 0.172 e. The molecule has 0 radical (unpaired) electrons. The van der Waals surface area contributed by atoms with Gasteiger partial charge in [-0.2, -0.15) is 0 Å². The van der Waals surface area contributed by atoms with Crippen LogP contribution in [0.4, 0.5) is 0 Å². The molecule has 0 spiro atoms. The molecule has 0 aromatic heterocycles. The third-order valence-corrected chi connectivity index (χ3v) is 2.98. The molecule has 1 heterocycles. The molecule has 2 rings (SSSR count). The van der Waals surface area contributed by atoms with Gasteiger partial charge >= 0.3 is 0 Å². The summed E-state index contributed by atoms with van der Waals surface area (Å²) in [4.78, 5) is 5.75. The van der Waals surface area contributed by atoms with Crippen LogP contribution in [-0.2, 0) is 0 Å². The summed E-state index contributed by atoms with van der Waals surface area (Å²) in [5.74, 6) is 1.11. The number of hydrogen-bond acceptors (Lipinski definition) is 2. The van der Waals surface area contributed by atoms with E-state index >= 15 is 0 Å². The Morgan fingerprint density at radius 3 is 2.67 bits per heavy atom. The van der Waals surface area contributed by atoms with Crippen LogP contribution in [-0.4, -0.2) is 18.5 Å². The zero-order valence-corrected chi connectivity index (χ0v) is 7.84. The SMILES string of the molecule is BC1=NC(c2ccccc2)CS1. The van der Waals surface area contributed by atoms with Gasteiger partial charge in [-0.3, -0.25) is 4.99 Å². The molecule has 0 amide bonds. The van der Waals surface area contributed by atoms with E-state index in [1.807, 2.05) is 17.8 Å². The molecule has 1 aliphatic heterocycles. The fraction of sp³-hybridized carbons (Fsp3) is 0.222. The number of aliphatic imine (C=N–C) groups is 1. The van der Waals surface area contributed by atoms with Crippen molar-refractivity contribution in [3.8, 4) is 0 Å². The Hall–Kier alpha value is -0.695. The van der Waals surface area contributed by atoms with Crippen LogP contribution in [0.25, 0.3) is 0 Å². The van der Waals surface area contributed by atoms with Crippen molar-refractivity contribution >= 4 is 24.6 Å². The highest BCUT2D eigenvalue weighted by atomic mass is 32.2. The van der Waals surface area contributed by atoms with E-state index in [0.717, 1.165) is 5.75 Å². The van der Waals surface area contributed by atoms with Crippen LogP contribution in [0.5, 0.6) is 0 Å². The topological polar surface area (TPSA) is 12.4 Å². The van der Waals surface area contributed by atoms with Gasteiger partial charge in [0, 0.05) is 10.7 Å². The van der Waals surface area contributed by atoms with Crippen molar-refractivity contribution in [3.05, 3.63) is 35.9 Å². The lowest BCUT2D eigenvalue weighted by Gasteiger charge is -2.04. The second kappa shape index (κ2) is 3.36. The van der Waals surface area contributed by atoms with Crippen molar-refractivity contribution in [3.63, 3.8) is 0 Å². The predicted octanol–water partition coefficient (Wildman–Crippen LogP) is 1.46. The molecule has 0 fully saturated rings. The molecular weight excluding hydrogens is 165 g/mol. The summed E-state index contributed by atoms with van der Waals surface area (Å²) >= 11 is 1.85. The summed E-state index contributed by atoms with van der Waals surface area (Å²) in [6.45, 7) is 0. The molecule has 0 N–H and O–H groups in total. The van der Waals surface area contributed by atoms with Gasteiger partial charge in [0.1, 0.15) is 0 Å². The third-order valence-electron chi connectivity index (χ3n) is 1.97. The normalized spacial score (nSPS) is 22.3. The number of thioether (sulfide) groups is 1. The first-order valence-corrected chi connectivity index (χ1v) is 5.07. The highest BCUT2D eigenvalue weighted by Crippen LogP contribution is 2.28. The second-order valence-electron chi connectivity index (χ2n) is 2.89. The molecular formula is C9H10BNS. The quantitative estimate of drug-likeness (QED) is 0.588. The molecule has 0 saturated heterocycles. The van der Waals surface area contributed by atoms with Crippen LogP contribution in [0.3, 0.4) is 0 Å². The van der Waals surface area contributed by atoms with Gasteiger partial charge in [0.05, 0.1) is 6.04 Å². The minimum Gasteiger partial charge on any atom is -0.285 e. The summed E-state index contributed by atoms with van der Waals surface area (Å²) in [6.07, 6.45) is 0. The minimum atomic E-state index is 0.399. The second-order valence-corrected chi connectivity index (χ2v) is 4.10. The van der Waals surface area contributed by atoms with E-state index in [4.69, 9.17) is 0 Å². The first kappa shape index (κ1) is 7.93. The molecule has 1 aromatic carbocycles. The van der Waals surface area contributed by atoms with E-state index in [-0.39, 0.29) is 0 Å². The van der Waals surface area contributed by atoms with Crippen LogP contribution in [0.1, 0.15) is 11.6 Å². The van der Waals surface area contributed by atoms with Gasteiger partial charge < -0.3 is 0 Å². The van der Waals surface area contributed by atoms with Gasteiger partial charge in [0.2, 0.25) is 0 Å². The molecule has 1 nitrogen and oxygen atoms in total. The number of benzene rings is 1. The molecule has 0 aliphatic carbocycles. The van der Waals surface area contributed by atoms with Gasteiger partial charge in [-0.15, -0.1) is 11.8 Å². The third kappa shape index (κ3) is 1.56. The average Bonchev–Trinajstić information content (AvgIpc) is 2.54. The Morgan fingerprint density at radius 1 is 1.33 bits per heavy atom. The molecule has 0 saturated carbocycles. The van der Waals surface area contributed by atoms with Crippen molar-refractivity contribution < 1.29 is 0 Å². The highest BCUT2D eigenvalue weighted by molar-refractivity contribution is 8.16. The van der Waals surface area contributed by atoms with Crippen molar-refractivity contribution in [1.29, 1.82) is 0 Å². The van der Waals surface area contributed by atoms with Crippen LogP contribution in [0, 0.1) is 0 Å². The van der Waals surface area contributed by atoms with Crippen LogP contribution in [0.2, 0.25) is 0 Å². The van der Waals surface area contributed by atoms with Crippen molar-refractivity contribution in [2.75, 3.05) is 5.75 Å². The Kier molecular flexibility index (Phi) is 2.22. The maximum atomic E-state index is 4.54. The molecule has 1 atom stereocenters. The van der Waals surface area contributed by atoms with Crippen LogP contribution in [0.15, 0.2) is 35.3 Å². The lowest BCUT2D eigenvalue weighted by molar-refractivity contribution is 0.851. The average molecular weight is 175 g/mol. The molecule has 60 valence electrons. The first-order chi connectivity index (χ1) is 5.86. The highest BCUT2D eigenvalue weighted by Gasteiger charge is 2.15. The molecule has 1 aliphatic rings. The lowest BCUT2D eigenvalue weighted by Crippen LogP contribution is -1.92. The molecule has 0 bridgehead atoms. The zero-order chi connectivity index (χ0) is 8.39. The summed E-state index contributed by atoms with van der Waals surface area (Å²) in [7, 11) is 2.08. The summed E-state index contributed by atoms with van der Waals surface area (Å²) in [5.41, 5.74) is 1.34. The molecule has 3 heteroatoms. The molecule has 12 heavy (non-hydrogen) atoms. The van der Waals surface area contributed by atoms with E-state index in [0.29, 0.717) is 6.04 Å². The maximum absolute atomic E-state index is 4.54.